The van der Waals surface area contributed by atoms with E-state index in [2.05, 4.69) is 39.3 Å². The summed E-state index contributed by atoms with van der Waals surface area (Å²) < 4.78 is 1.14. The van der Waals surface area contributed by atoms with Crippen LogP contribution in [0.15, 0.2) is 48.5 Å². The molecule has 1 aliphatic rings. The average Bonchev–Trinajstić information content (AvgIpc) is 2.79. The zero-order chi connectivity index (χ0) is 22.5. The van der Waals surface area contributed by atoms with Gasteiger partial charge in [0.25, 0.3) is 0 Å². The molecule has 0 spiro atoms. The third kappa shape index (κ3) is 5.68. The normalized spacial score (nSPS) is 18.3. The fraction of sp³-hybridized carbons (Fsp3) is 0.400. The molecule has 0 saturated heterocycles. The first-order chi connectivity index (χ1) is 15.5. The maximum Gasteiger partial charge on any atom is 0.225 e. The molecule has 0 unspecified atom stereocenters. The van der Waals surface area contributed by atoms with E-state index < -0.39 is 0 Å². The average molecular weight is 543 g/mol. The summed E-state index contributed by atoms with van der Waals surface area (Å²) in [7, 11) is 4.02. The summed E-state index contributed by atoms with van der Waals surface area (Å²) in [5.41, 5.74) is 2.05. The first kappa shape index (κ1) is 22.8. The lowest BCUT2D eigenvalue weighted by Gasteiger charge is -2.29. The van der Waals surface area contributed by atoms with Crippen molar-refractivity contribution in [2.45, 2.75) is 38.1 Å². The zero-order valence-corrected chi connectivity index (χ0v) is 20.8. The Morgan fingerprint density at radius 1 is 1.03 bits per heavy atom. The number of carbonyl (C=O) groups excluding carboxylic acids is 1. The molecule has 2 N–H and O–H groups in total. The monoisotopic (exact) mass is 543 g/mol. The second-order valence-corrected chi connectivity index (χ2v) is 9.88. The Morgan fingerprint density at radius 3 is 2.50 bits per heavy atom. The highest BCUT2D eigenvalue weighted by atomic mass is 127. The van der Waals surface area contributed by atoms with Crippen molar-refractivity contribution in [3.05, 3.63) is 57.7 Å². The summed E-state index contributed by atoms with van der Waals surface area (Å²) >= 11 is 2.29. The van der Waals surface area contributed by atoms with Gasteiger partial charge < -0.3 is 15.5 Å². The Hall–Kier alpha value is -2.42. The number of rotatable bonds is 7. The number of anilines is 2. The maximum absolute atomic E-state index is 12.4. The molecular weight excluding hydrogens is 513 g/mol. The van der Waals surface area contributed by atoms with Crippen LogP contribution in [0.2, 0.25) is 0 Å². The molecule has 0 radical (unpaired) electrons. The van der Waals surface area contributed by atoms with Crippen molar-refractivity contribution in [3.63, 3.8) is 0 Å². The van der Waals surface area contributed by atoms with Crippen molar-refractivity contribution in [2.24, 2.45) is 5.92 Å². The van der Waals surface area contributed by atoms with Gasteiger partial charge in [0.15, 0.2) is 0 Å². The number of hydrogen-bond acceptors (Lipinski definition) is 5. The minimum Gasteiger partial charge on any atom is -0.362 e. The van der Waals surface area contributed by atoms with E-state index in [1.165, 1.54) is 0 Å². The van der Waals surface area contributed by atoms with E-state index in [9.17, 15) is 4.79 Å². The summed E-state index contributed by atoms with van der Waals surface area (Å²) in [4.78, 5) is 23.9. The topological polar surface area (TPSA) is 70.2 Å². The first-order valence-corrected chi connectivity index (χ1v) is 12.3. The van der Waals surface area contributed by atoms with Gasteiger partial charge >= 0.3 is 0 Å². The molecule has 4 rings (SSSR count). The van der Waals surface area contributed by atoms with Crippen LogP contribution in [0.5, 0.6) is 0 Å². The standard InChI is InChI=1S/C25H30IN5O/c1-31(2)24-20-8-4-6-10-22(20)29-25(30-24)28-19-13-11-17(12-14-19)16-27-23(32)15-18-7-3-5-9-21(18)26/h3-10,17,19H,11-16H2,1-2H3,(H,27,32)(H,28,29,30)/t17-,19+. The molecule has 2 aromatic carbocycles. The highest BCUT2D eigenvalue weighted by Gasteiger charge is 2.23. The molecule has 1 aromatic heterocycles. The Kier molecular flexibility index (Phi) is 7.44. The molecule has 1 saturated carbocycles. The largest absolute Gasteiger partial charge is 0.362 e. The van der Waals surface area contributed by atoms with Crippen LogP contribution in [0.4, 0.5) is 11.8 Å². The minimum absolute atomic E-state index is 0.107. The number of fused-ring (bicyclic) bond motifs is 1. The van der Waals surface area contributed by atoms with Gasteiger partial charge in [-0.1, -0.05) is 30.3 Å². The molecule has 1 amide bonds. The van der Waals surface area contributed by atoms with E-state index in [1.807, 2.05) is 61.5 Å². The Morgan fingerprint density at radius 2 is 1.75 bits per heavy atom. The molecule has 32 heavy (non-hydrogen) atoms. The van der Waals surface area contributed by atoms with Crippen molar-refractivity contribution in [1.29, 1.82) is 0 Å². The SMILES string of the molecule is CN(C)c1nc(N[C@H]2CC[C@@H](CNC(=O)Cc3ccccc3I)CC2)nc2ccccc12. The van der Waals surface area contributed by atoms with Gasteiger partial charge in [-0.3, -0.25) is 4.79 Å². The lowest BCUT2D eigenvalue weighted by molar-refractivity contribution is -0.120. The third-order valence-electron chi connectivity index (χ3n) is 6.08. The number of amides is 1. The molecule has 0 atom stereocenters. The van der Waals surface area contributed by atoms with Gasteiger partial charge in [0.2, 0.25) is 11.9 Å². The molecular formula is C25H30IN5O. The van der Waals surface area contributed by atoms with Crippen LogP contribution in [-0.4, -0.2) is 42.6 Å². The second-order valence-electron chi connectivity index (χ2n) is 8.72. The van der Waals surface area contributed by atoms with Crippen LogP contribution >= 0.6 is 22.6 Å². The first-order valence-electron chi connectivity index (χ1n) is 11.2. The Balaban J connectivity index is 1.28. The fourth-order valence-electron chi connectivity index (χ4n) is 4.29. The van der Waals surface area contributed by atoms with Crippen molar-refractivity contribution in [2.75, 3.05) is 30.9 Å². The smallest absolute Gasteiger partial charge is 0.225 e. The van der Waals surface area contributed by atoms with Crippen LogP contribution in [0.1, 0.15) is 31.2 Å². The van der Waals surface area contributed by atoms with Gasteiger partial charge in [-0.05, 0) is 78.0 Å². The van der Waals surface area contributed by atoms with E-state index in [-0.39, 0.29) is 5.91 Å². The lowest BCUT2D eigenvalue weighted by atomic mass is 9.86. The van der Waals surface area contributed by atoms with E-state index in [1.54, 1.807) is 0 Å². The highest BCUT2D eigenvalue weighted by molar-refractivity contribution is 14.1. The third-order valence-corrected chi connectivity index (χ3v) is 7.14. The van der Waals surface area contributed by atoms with Crippen molar-refractivity contribution in [3.8, 4) is 0 Å². The minimum atomic E-state index is 0.107. The number of halogens is 1. The second kappa shape index (κ2) is 10.5. The molecule has 1 fully saturated rings. The van der Waals surface area contributed by atoms with Gasteiger partial charge in [-0.25, -0.2) is 4.98 Å². The fourth-order valence-corrected chi connectivity index (χ4v) is 4.87. The number of para-hydroxylation sites is 1. The number of nitrogens with zero attached hydrogens (tertiary/aromatic N) is 3. The van der Waals surface area contributed by atoms with Crippen molar-refractivity contribution >= 4 is 51.2 Å². The van der Waals surface area contributed by atoms with Crippen LogP contribution < -0.4 is 15.5 Å². The van der Waals surface area contributed by atoms with E-state index >= 15 is 0 Å². The van der Waals surface area contributed by atoms with E-state index in [0.29, 0.717) is 24.3 Å². The van der Waals surface area contributed by atoms with Gasteiger partial charge in [0, 0.05) is 35.6 Å². The number of carbonyl (C=O) groups is 1. The molecule has 0 aliphatic heterocycles. The molecule has 6 nitrogen and oxygen atoms in total. The number of nitrogens with one attached hydrogen (secondary N) is 2. The molecule has 7 heteroatoms. The predicted molar refractivity (Wildman–Crippen MR) is 139 cm³/mol. The predicted octanol–water partition coefficient (Wildman–Crippen LogP) is 4.63. The van der Waals surface area contributed by atoms with Crippen molar-refractivity contribution < 1.29 is 4.79 Å². The quantitative estimate of drug-likeness (QED) is 0.426. The lowest BCUT2D eigenvalue weighted by Crippen LogP contribution is -2.35. The maximum atomic E-state index is 12.4. The summed E-state index contributed by atoms with van der Waals surface area (Å²) in [5, 5.41) is 7.76. The van der Waals surface area contributed by atoms with Crippen LogP contribution in [0, 0.1) is 9.49 Å². The highest BCUT2D eigenvalue weighted by Crippen LogP contribution is 2.28. The van der Waals surface area contributed by atoms with Gasteiger partial charge in [0.05, 0.1) is 11.9 Å². The summed E-state index contributed by atoms with van der Waals surface area (Å²) in [6.07, 6.45) is 4.75. The molecule has 1 heterocycles. The number of hydrogen-bond donors (Lipinski definition) is 2. The van der Waals surface area contributed by atoms with Gasteiger partial charge in [-0.15, -0.1) is 0 Å². The number of benzene rings is 2. The summed E-state index contributed by atoms with van der Waals surface area (Å²) in [5.74, 6) is 2.26. The van der Waals surface area contributed by atoms with Crippen LogP contribution in [-0.2, 0) is 11.2 Å². The molecule has 0 bridgehead atoms. The van der Waals surface area contributed by atoms with Crippen LogP contribution in [0.3, 0.4) is 0 Å². The summed E-state index contributed by atoms with van der Waals surface area (Å²) in [6, 6.07) is 16.5. The molecule has 1 aliphatic carbocycles. The zero-order valence-electron chi connectivity index (χ0n) is 18.6. The summed E-state index contributed by atoms with van der Waals surface area (Å²) in [6.45, 7) is 0.756. The Bertz CT molecular complexity index is 1080. The van der Waals surface area contributed by atoms with Gasteiger partial charge in [0.1, 0.15) is 5.82 Å². The van der Waals surface area contributed by atoms with Crippen molar-refractivity contribution in [1.82, 2.24) is 15.3 Å². The van der Waals surface area contributed by atoms with E-state index in [0.717, 1.165) is 58.1 Å². The van der Waals surface area contributed by atoms with E-state index in [4.69, 9.17) is 9.97 Å². The van der Waals surface area contributed by atoms with Gasteiger partial charge in [-0.2, -0.15) is 4.98 Å². The molecule has 168 valence electrons. The van der Waals surface area contributed by atoms with Crippen LogP contribution in [0.25, 0.3) is 10.9 Å². The Labute approximate surface area is 203 Å². The number of aromatic nitrogens is 2. The molecule has 3 aromatic rings.